The number of guanidine groups is 1. The number of hydrogen-bond acceptors (Lipinski definition) is 4. The molecule has 0 aromatic heterocycles. The lowest BCUT2D eigenvalue weighted by atomic mass is 10.2. The number of carbonyl (C=O) groups excluding carboxylic acids is 2. The summed E-state index contributed by atoms with van der Waals surface area (Å²) in [5, 5.41) is 13.2. The van der Waals surface area contributed by atoms with Gasteiger partial charge < -0.3 is 0 Å². The summed E-state index contributed by atoms with van der Waals surface area (Å²) in [6, 6.07) is 6.49. The first kappa shape index (κ1) is 12.9. The van der Waals surface area contributed by atoms with E-state index in [0.717, 1.165) is 0 Å². The number of carbonyl (C=O) groups is 2. The fraction of sp³-hybridized carbons (Fsp3) is 0. The molecule has 0 fully saturated rings. The highest BCUT2D eigenvalue weighted by molar-refractivity contribution is 6.33. The predicted molar refractivity (Wildman–Crippen MR) is 68.5 cm³/mol. The molecule has 2 N–H and O–H groups in total. The number of benzene rings is 1. The first-order valence-corrected chi connectivity index (χ1v) is 5.50. The zero-order valence-corrected chi connectivity index (χ0v) is 10.3. The number of hydrogen-bond donors (Lipinski definition) is 2. The van der Waals surface area contributed by atoms with Crippen LogP contribution in [0.3, 0.4) is 0 Å². The standard InChI is InChI=1S/C11H8ClN5O2/c1-6-9(18)13-11(16-14-6)17-15-10(19)7-4-2-3-5-8(7)12/h2-5H,1H2,(H,15,19)(H,13,17,18). The van der Waals surface area contributed by atoms with E-state index < -0.39 is 11.8 Å². The molecule has 0 aliphatic carbocycles. The van der Waals surface area contributed by atoms with Crippen LogP contribution in [0.2, 0.25) is 5.02 Å². The fourth-order valence-corrected chi connectivity index (χ4v) is 1.43. The molecule has 7 nitrogen and oxygen atoms in total. The summed E-state index contributed by atoms with van der Waals surface area (Å²) in [7, 11) is 0. The van der Waals surface area contributed by atoms with Crippen LogP contribution in [0.5, 0.6) is 0 Å². The Morgan fingerprint density at radius 2 is 2.11 bits per heavy atom. The SMILES string of the molecule is C=C1N=N/C(=N\NC(=O)c2ccccc2Cl)NC1=O. The molecule has 1 heterocycles. The van der Waals surface area contributed by atoms with Gasteiger partial charge in [0.2, 0.25) is 0 Å². The number of amides is 2. The zero-order chi connectivity index (χ0) is 13.8. The summed E-state index contributed by atoms with van der Waals surface area (Å²) >= 11 is 5.85. The van der Waals surface area contributed by atoms with Gasteiger partial charge in [0.15, 0.2) is 0 Å². The average molecular weight is 278 g/mol. The smallest absolute Gasteiger partial charge is 0.277 e. The van der Waals surface area contributed by atoms with E-state index in [1.807, 2.05) is 0 Å². The van der Waals surface area contributed by atoms with Crippen LogP contribution in [-0.2, 0) is 4.79 Å². The van der Waals surface area contributed by atoms with E-state index in [-0.39, 0.29) is 17.2 Å². The number of rotatable bonds is 2. The Bertz CT molecular complexity index is 623. The van der Waals surface area contributed by atoms with Gasteiger partial charge in [-0.25, -0.2) is 5.43 Å². The third-order valence-corrected chi connectivity index (χ3v) is 2.46. The second-order valence-corrected chi connectivity index (χ2v) is 3.86. The summed E-state index contributed by atoms with van der Waals surface area (Å²) < 4.78 is 0. The van der Waals surface area contributed by atoms with Gasteiger partial charge in [0, 0.05) is 0 Å². The van der Waals surface area contributed by atoms with Crippen LogP contribution in [0, 0.1) is 0 Å². The molecule has 1 aliphatic heterocycles. The molecule has 0 radical (unpaired) electrons. The lowest BCUT2D eigenvalue weighted by Crippen LogP contribution is -2.34. The molecule has 0 spiro atoms. The van der Waals surface area contributed by atoms with Gasteiger partial charge in [0.05, 0.1) is 10.6 Å². The Morgan fingerprint density at radius 3 is 2.79 bits per heavy atom. The molecule has 0 atom stereocenters. The third-order valence-electron chi connectivity index (χ3n) is 2.13. The van der Waals surface area contributed by atoms with Gasteiger partial charge in [-0.2, -0.15) is 0 Å². The van der Waals surface area contributed by atoms with Crippen LogP contribution in [0.15, 0.2) is 51.9 Å². The van der Waals surface area contributed by atoms with E-state index in [1.165, 1.54) is 0 Å². The highest BCUT2D eigenvalue weighted by Gasteiger charge is 2.15. The van der Waals surface area contributed by atoms with E-state index in [2.05, 4.69) is 32.7 Å². The average Bonchev–Trinajstić information content (AvgIpc) is 2.40. The molecular weight excluding hydrogens is 270 g/mol. The summed E-state index contributed by atoms with van der Waals surface area (Å²) in [6.07, 6.45) is 0. The minimum absolute atomic E-state index is 0.0311. The Kier molecular flexibility index (Phi) is 3.67. The van der Waals surface area contributed by atoms with Gasteiger partial charge in [0.25, 0.3) is 17.8 Å². The molecule has 2 amide bonds. The van der Waals surface area contributed by atoms with Crippen molar-refractivity contribution < 1.29 is 9.59 Å². The Hall–Kier alpha value is -2.54. The molecule has 8 heteroatoms. The Morgan fingerprint density at radius 1 is 1.37 bits per heavy atom. The van der Waals surface area contributed by atoms with Crippen molar-refractivity contribution in [2.45, 2.75) is 0 Å². The van der Waals surface area contributed by atoms with Crippen molar-refractivity contribution in [2.24, 2.45) is 15.3 Å². The van der Waals surface area contributed by atoms with Crippen LogP contribution in [0.1, 0.15) is 10.4 Å². The Labute approximate surface area is 113 Å². The summed E-state index contributed by atoms with van der Waals surface area (Å²) in [6.45, 7) is 3.35. The van der Waals surface area contributed by atoms with Gasteiger partial charge in [-0.1, -0.05) is 30.3 Å². The summed E-state index contributed by atoms with van der Waals surface area (Å²) in [4.78, 5) is 22.9. The largest absolute Gasteiger partial charge is 0.286 e. The van der Waals surface area contributed by atoms with Crippen molar-refractivity contribution in [1.82, 2.24) is 10.7 Å². The molecule has 0 bridgehead atoms. The molecule has 2 rings (SSSR count). The van der Waals surface area contributed by atoms with Gasteiger partial charge in [-0.3, -0.25) is 14.9 Å². The zero-order valence-electron chi connectivity index (χ0n) is 9.55. The number of azo groups is 1. The first-order chi connectivity index (χ1) is 9.08. The maximum absolute atomic E-state index is 11.7. The molecule has 1 aromatic rings. The van der Waals surface area contributed by atoms with Gasteiger partial charge in [0.1, 0.15) is 5.70 Å². The summed E-state index contributed by atoms with van der Waals surface area (Å²) in [5.41, 5.74) is 2.44. The van der Waals surface area contributed by atoms with E-state index in [9.17, 15) is 9.59 Å². The van der Waals surface area contributed by atoms with Crippen LogP contribution in [0.25, 0.3) is 0 Å². The van der Waals surface area contributed by atoms with Crippen LogP contribution in [-0.4, -0.2) is 17.8 Å². The number of hydrazone groups is 1. The predicted octanol–water partition coefficient (Wildman–Crippen LogP) is 1.44. The van der Waals surface area contributed by atoms with Gasteiger partial charge >= 0.3 is 0 Å². The lowest BCUT2D eigenvalue weighted by Gasteiger charge is -2.08. The molecule has 19 heavy (non-hydrogen) atoms. The lowest BCUT2D eigenvalue weighted by molar-refractivity contribution is -0.116. The second kappa shape index (κ2) is 5.40. The van der Waals surface area contributed by atoms with E-state index in [1.54, 1.807) is 24.3 Å². The summed E-state index contributed by atoms with van der Waals surface area (Å²) in [5.74, 6) is -1.18. The minimum Gasteiger partial charge on any atom is -0.286 e. The van der Waals surface area contributed by atoms with Crippen molar-refractivity contribution in [1.29, 1.82) is 0 Å². The van der Waals surface area contributed by atoms with Crippen molar-refractivity contribution >= 4 is 29.4 Å². The van der Waals surface area contributed by atoms with Crippen LogP contribution in [0.4, 0.5) is 0 Å². The van der Waals surface area contributed by atoms with Crippen molar-refractivity contribution in [3.05, 3.63) is 47.1 Å². The van der Waals surface area contributed by atoms with Crippen LogP contribution >= 0.6 is 11.6 Å². The highest BCUT2D eigenvalue weighted by atomic mass is 35.5. The quantitative estimate of drug-likeness (QED) is 0.632. The maximum atomic E-state index is 11.7. The normalized spacial score (nSPS) is 16.4. The minimum atomic E-state index is -0.527. The number of halogens is 1. The highest BCUT2D eigenvalue weighted by Crippen LogP contribution is 2.14. The Balaban J connectivity index is 2.09. The maximum Gasteiger partial charge on any atom is 0.277 e. The van der Waals surface area contributed by atoms with Gasteiger partial charge in [-0.05, 0) is 12.1 Å². The molecular formula is C11H8ClN5O2. The molecule has 0 unspecified atom stereocenters. The molecule has 96 valence electrons. The number of nitrogens with zero attached hydrogens (tertiary/aromatic N) is 3. The van der Waals surface area contributed by atoms with E-state index in [4.69, 9.17) is 11.6 Å². The number of nitrogens with one attached hydrogen (secondary N) is 2. The van der Waals surface area contributed by atoms with Crippen molar-refractivity contribution in [2.75, 3.05) is 0 Å². The van der Waals surface area contributed by atoms with E-state index >= 15 is 0 Å². The van der Waals surface area contributed by atoms with Crippen molar-refractivity contribution in [3.8, 4) is 0 Å². The monoisotopic (exact) mass is 277 g/mol. The first-order valence-electron chi connectivity index (χ1n) is 5.12. The van der Waals surface area contributed by atoms with Crippen molar-refractivity contribution in [3.63, 3.8) is 0 Å². The fourth-order valence-electron chi connectivity index (χ4n) is 1.21. The molecule has 0 saturated heterocycles. The molecule has 1 aromatic carbocycles. The second-order valence-electron chi connectivity index (χ2n) is 3.46. The molecule has 0 saturated carbocycles. The third kappa shape index (κ3) is 3.02. The van der Waals surface area contributed by atoms with Gasteiger partial charge in [-0.15, -0.1) is 15.3 Å². The molecule has 1 aliphatic rings. The van der Waals surface area contributed by atoms with Crippen LogP contribution < -0.4 is 10.7 Å². The van der Waals surface area contributed by atoms with E-state index in [0.29, 0.717) is 5.02 Å². The topological polar surface area (TPSA) is 95.3 Å².